The molecule has 0 aromatic heterocycles. The summed E-state index contributed by atoms with van der Waals surface area (Å²) in [4.78, 5) is 0. The Balaban J connectivity index is 1.94. The van der Waals surface area contributed by atoms with E-state index in [4.69, 9.17) is 16.3 Å². The van der Waals surface area contributed by atoms with Crippen molar-refractivity contribution in [2.45, 2.75) is 52.3 Å². The molecular formula is C23H31ClO. The maximum Gasteiger partial charge on any atom is 0.124 e. The van der Waals surface area contributed by atoms with Gasteiger partial charge in [0.1, 0.15) is 5.75 Å². The lowest BCUT2D eigenvalue weighted by Gasteiger charge is -2.16. The van der Waals surface area contributed by atoms with Crippen LogP contribution in [0.3, 0.4) is 0 Å². The fraction of sp³-hybridized carbons (Fsp3) is 0.478. The van der Waals surface area contributed by atoms with Gasteiger partial charge in [-0.3, -0.25) is 0 Å². The molecule has 0 aliphatic rings. The van der Waals surface area contributed by atoms with Crippen LogP contribution >= 0.6 is 11.6 Å². The summed E-state index contributed by atoms with van der Waals surface area (Å²) in [6.07, 6.45) is 5.01. The fourth-order valence-corrected chi connectivity index (χ4v) is 3.39. The molecule has 0 heterocycles. The lowest BCUT2D eigenvalue weighted by atomic mass is 9.97. The first-order chi connectivity index (χ1) is 12.1. The molecule has 0 fully saturated rings. The standard InChI is InChI=1S/C23H31ClO/c1-18(2)9-7-10-19(3)15-16-25-23-14-8-13-21(22(23)17-24)20-11-5-4-6-12-20/h4-6,8,11-14,18-19H,7,9-10,15-17H2,1-3H3. The van der Waals surface area contributed by atoms with Crippen molar-refractivity contribution >= 4 is 11.6 Å². The summed E-state index contributed by atoms with van der Waals surface area (Å²) < 4.78 is 6.10. The lowest BCUT2D eigenvalue weighted by molar-refractivity contribution is 0.274. The minimum atomic E-state index is 0.463. The van der Waals surface area contributed by atoms with Crippen LogP contribution in [0.15, 0.2) is 48.5 Å². The Hall–Kier alpha value is -1.47. The third kappa shape index (κ3) is 6.40. The summed E-state index contributed by atoms with van der Waals surface area (Å²) in [6.45, 7) is 7.67. The molecule has 1 nitrogen and oxygen atoms in total. The molecule has 1 atom stereocenters. The van der Waals surface area contributed by atoms with Gasteiger partial charge in [-0.15, -0.1) is 11.6 Å². The smallest absolute Gasteiger partial charge is 0.124 e. The predicted octanol–water partition coefficient (Wildman–Crippen LogP) is 7.32. The maximum atomic E-state index is 6.25. The summed E-state index contributed by atoms with van der Waals surface area (Å²) in [5.41, 5.74) is 3.44. The number of ether oxygens (including phenoxy) is 1. The Labute approximate surface area is 158 Å². The van der Waals surface area contributed by atoms with Crippen molar-refractivity contribution < 1.29 is 4.74 Å². The predicted molar refractivity (Wildman–Crippen MR) is 109 cm³/mol. The monoisotopic (exact) mass is 358 g/mol. The Morgan fingerprint density at radius 1 is 0.880 bits per heavy atom. The molecule has 1 unspecified atom stereocenters. The highest BCUT2D eigenvalue weighted by Gasteiger charge is 2.11. The molecule has 0 N–H and O–H groups in total. The van der Waals surface area contributed by atoms with E-state index >= 15 is 0 Å². The second-order valence-corrected chi connectivity index (χ2v) is 7.62. The first kappa shape index (κ1) is 19.8. The first-order valence-corrected chi connectivity index (χ1v) is 10.0. The van der Waals surface area contributed by atoms with Crippen LogP contribution in [0.1, 0.15) is 52.0 Å². The van der Waals surface area contributed by atoms with Gasteiger partial charge in [0.15, 0.2) is 0 Å². The van der Waals surface area contributed by atoms with E-state index in [9.17, 15) is 0 Å². The number of halogens is 1. The van der Waals surface area contributed by atoms with Crippen LogP contribution in [0.5, 0.6) is 5.75 Å². The van der Waals surface area contributed by atoms with E-state index in [-0.39, 0.29) is 0 Å². The summed E-state index contributed by atoms with van der Waals surface area (Å²) in [5, 5.41) is 0. The van der Waals surface area contributed by atoms with Gasteiger partial charge in [-0.05, 0) is 35.4 Å². The van der Waals surface area contributed by atoms with E-state index in [1.54, 1.807) is 0 Å². The van der Waals surface area contributed by atoms with Crippen LogP contribution in [0.25, 0.3) is 11.1 Å². The molecule has 0 saturated heterocycles. The zero-order chi connectivity index (χ0) is 18.1. The molecule has 2 aromatic carbocycles. The quantitative estimate of drug-likeness (QED) is 0.404. The largest absolute Gasteiger partial charge is 0.493 e. The Morgan fingerprint density at radius 3 is 2.32 bits per heavy atom. The van der Waals surface area contributed by atoms with Gasteiger partial charge in [0, 0.05) is 5.56 Å². The van der Waals surface area contributed by atoms with Crippen molar-refractivity contribution in [2.75, 3.05) is 6.61 Å². The molecule has 25 heavy (non-hydrogen) atoms. The minimum absolute atomic E-state index is 0.463. The Kier molecular flexibility index (Phi) is 8.34. The summed E-state index contributed by atoms with van der Waals surface area (Å²) >= 11 is 6.25. The van der Waals surface area contributed by atoms with Gasteiger partial charge in [-0.25, -0.2) is 0 Å². The Bertz CT molecular complexity index is 621. The van der Waals surface area contributed by atoms with Crippen LogP contribution < -0.4 is 4.74 Å². The third-order valence-electron chi connectivity index (χ3n) is 4.70. The fourth-order valence-electron chi connectivity index (χ4n) is 3.12. The molecule has 0 amide bonds. The number of rotatable bonds is 10. The number of hydrogen-bond donors (Lipinski definition) is 0. The van der Waals surface area contributed by atoms with E-state index in [2.05, 4.69) is 57.2 Å². The van der Waals surface area contributed by atoms with E-state index in [1.165, 1.54) is 24.8 Å². The zero-order valence-corrected chi connectivity index (χ0v) is 16.6. The van der Waals surface area contributed by atoms with Gasteiger partial charge in [0.2, 0.25) is 0 Å². The van der Waals surface area contributed by atoms with Crippen LogP contribution in [0.2, 0.25) is 0 Å². The highest BCUT2D eigenvalue weighted by atomic mass is 35.5. The maximum absolute atomic E-state index is 6.25. The van der Waals surface area contributed by atoms with Gasteiger partial charge in [0.05, 0.1) is 12.5 Å². The minimum Gasteiger partial charge on any atom is -0.493 e. The number of alkyl halides is 1. The van der Waals surface area contributed by atoms with Crippen molar-refractivity contribution in [1.29, 1.82) is 0 Å². The number of hydrogen-bond acceptors (Lipinski definition) is 1. The van der Waals surface area contributed by atoms with Crippen molar-refractivity contribution in [3.63, 3.8) is 0 Å². The van der Waals surface area contributed by atoms with Crippen LogP contribution in [0.4, 0.5) is 0 Å². The van der Waals surface area contributed by atoms with Gasteiger partial charge in [-0.2, -0.15) is 0 Å². The lowest BCUT2D eigenvalue weighted by Crippen LogP contribution is -2.06. The van der Waals surface area contributed by atoms with Gasteiger partial charge in [0.25, 0.3) is 0 Å². The van der Waals surface area contributed by atoms with Gasteiger partial charge in [-0.1, -0.05) is 82.5 Å². The molecule has 0 spiro atoms. The van der Waals surface area contributed by atoms with Gasteiger partial charge >= 0.3 is 0 Å². The topological polar surface area (TPSA) is 9.23 Å². The molecule has 0 aliphatic carbocycles. The normalized spacial score (nSPS) is 12.4. The van der Waals surface area contributed by atoms with Crippen molar-refractivity contribution in [3.8, 4) is 16.9 Å². The first-order valence-electron chi connectivity index (χ1n) is 9.48. The SMILES string of the molecule is CC(C)CCCC(C)CCOc1cccc(-c2ccccc2)c1CCl. The molecule has 2 rings (SSSR count). The molecule has 0 saturated carbocycles. The van der Waals surface area contributed by atoms with Crippen LogP contribution in [0, 0.1) is 11.8 Å². The second-order valence-electron chi connectivity index (χ2n) is 7.35. The van der Waals surface area contributed by atoms with E-state index in [1.807, 2.05) is 12.1 Å². The van der Waals surface area contributed by atoms with Crippen LogP contribution in [-0.4, -0.2) is 6.61 Å². The summed E-state index contributed by atoms with van der Waals surface area (Å²) in [7, 11) is 0. The molecule has 0 radical (unpaired) electrons. The third-order valence-corrected chi connectivity index (χ3v) is 4.97. The average Bonchev–Trinajstić information content (AvgIpc) is 2.62. The van der Waals surface area contributed by atoms with Crippen molar-refractivity contribution in [1.82, 2.24) is 0 Å². The Morgan fingerprint density at radius 2 is 1.64 bits per heavy atom. The molecule has 136 valence electrons. The van der Waals surface area contributed by atoms with E-state index in [0.717, 1.165) is 35.8 Å². The highest BCUT2D eigenvalue weighted by Crippen LogP contribution is 2.32. The zero-order valence-electron chi connectivity index (χ0n) is 15.8. The van der Waals surface area contributed by atoms with Crippen LogP contribution in [-0.2, 0) is 5.88 Å². The van der Waals surface area contributed by atoms with E-state index < -0.39 is 0 Å². The molecular weight excluding hydrogens is 328 g/mol. The summed E-state index contributed by atoms with van der Waals surface area (Å²) in [5.74, 6) is 2.89. The van der Waals surface area contributed by atoms with Crippen molar-refractivity contribution in [3.05, 3.63) is 54.1 Å². The second kappa shape index (κ2) is 10.5. The average molecular weight is 359 g/mol. The molecule has 0 bridgehead atoms. The molecule has 0 aliphatic heterocycles. The highest BCUT2D eigenvalue weighted by molar-refractivity contribution is 6.17. The molecule has 2 heteroatoms. The van der Waals surface area contributed by atoms with Crippen molar-refractivity contribution in [2.24, 2.45) is 11.8 Å². The molecule has 2 aromatic rings. The van der Waals surface area contributed by atoms with E-state index in [0.29, 0.717) is 11.8 Å². The summed E-state index contributed by atoms with van der Waals surface area (Å²) in [6, 6.07) is 16.6. The number of benzene rings is 2. The van der Waals surface area contributed by atoms with Gasteiger partial charge < -0.3 is 4.74 Å².